The first-order chi connectivity index (χ1) is 13.0. The lowest BCUT2D eigenvalue weighted by atomic mass is 10.1. The maximum absolute atomic E-state index is 12.2. The Balaban J connectivity index is 1.89. The van der Waals surface area contributed by atoms with Crippen LogP contribution in [0.4, 0.5) is 0 Å². The van der Waals surface area contributed by atoms with Gasteiger partial charge in [0.1, 0.15) is 12.1 Å². The van der Waals surface area contributed by atoms with Crippen LogP contribution in [0.2, 0.25) is 0 Å². The quantitative estimate of drug-likeness (QED) is 0.623. The molecule has 0 aromatic heterocycles. The molecule has 2 amide bonds. The van der Waals surface area contributed by atoms with Crippen molar-refractivity contribution in [3.8, 4) is 0 Å². The number of carboxylic acid groups (broad SMARTS) is 1. The molecule has 3 N–H and O–H groups in total. The molecule has 0 unspecified atom stereocenters. The van der Waals surface area contributed by atoms with E-state index in [0.29, 0.717) is 0 Å². The van der Waals surface area contributed by atoms with Gasteiger partial charge in [-0.25, -0.2) is 4.79 Å². The highest BCUT2D eigenvalue weighted by Gasteiger charge is 2.23. The van der Waals surface area contributed by atoms with Crippen molar-refractivity contribution in [3.63, 3.8) is 0 Å². The van der Waals surface area contributed by atoms with Gasteiger partial charge in [-0.1, -0.05) is 60.7 Å². The first-order valence-electron chi connectivity index (χ1n) is 8.56. The molecule has 140 valence electrons. The molecule has 0 bridgehead atoms. The van der Waals surface area contributed by atoms with Crippen molar-refractivity contribution < 1.29 is 19.5 Å². The molecule has 2 atom stereocenters. The van der Waals surface area contributed by atoms with E-state index in [-0.39, 0.29) is 6.42 Å². The third kappa shape index (κ3) is 6.78. The normalized spacial score (nSPS) is 12.9. The monoisotopic (exact) mass is 366 g/mol. The van der Waals surface area contributed by atoms with Crippen molar-refractivity contribution in [1.82, 2.24) is 10.6 Å². The minimum atomic E-state index is -1.13. The van der Waals surface area contributed by atoms with Crippen molar-refractivity contribution >= 4 is 23.9 Å². The molecule has 6 heteroatoms. The van der Waals surface area contributed by atoms with Crippen LogP contribution in [0.3, 0.4) is 0 Å². The molecule has 0 radical (unpaired) electrons. The van der Waals surface area contributed by atoms with Gasteiger partial charge in [-0.3, -0.25) is 9.59 Å². The Kier molecular flexibility index (Phi) is 7.31. The maximum Gasteiger partial charge on any atom is 0.326 e. The van der Waals surface area contributed by atoms with Crippen LogP contribution in [0, 0.1) is 0 Å². The van der Waals surface area contributed by atoms with Gasteiger partial charge in [-0.05, 0) is 24.1 Å². The summed E-state index contributed by atoms with van der Waals surface area (Å²) in [5.74, 6) is -2.12. The van der Waals surface area contributed by atoms with Gasteiger partial charge in [0, 0.05) is 12.5 Å². The Morgan fingerprint density at radius 2 is 1.56 bits per heavy atom. The fourth-order valence-corrected chi connectivity index (χ4v) is 2.41. The zero-order valence-electron chi connectivity index (χ0n) is 15.0. The Morgan fingerprint density at radius 1 is 0.963 bits per heavy atom. The highest BCUT2D eigenvalue weighted by Crippen LogP contribution is 2.04. The lowest BCUT2D eigenvalue weighted by molar-refractivity contribution is -0.142. The Morgan fingerprint density at radius 3 is 2.15 bits per heavy atom. The summed E-state index contributed by atoms with van der Waals surface area (Å²) in [4.78, 5) is 35.6. The van der Waals surface area contributed by atoms with Crippen LogP contribution < -0.4 is 10.6 Å². The van der Waals surface area contributed by atoms with Crippen LogP contribution in [0.5, 0.6) is 0 Å². The molecule has 2 aromatic rings. The minimum absolute atomic E-state index is 0.163. The van der Waals surface area contributed by atoms with E-state index in [1.54, 1.807) is 30.3 Å². The molecule has 0 saturated carbocycles. The number of rotatable bonds is 8. The standard InChI is InChI=1S/C21H22N2O4/c1-15(22-19(24)13-12-16-8-4-2-5-9-16)20(25)23-18(21(26)27)14-17-10-6-3-7-11-17/h2-13,15,18H,14H2,1H3,(H,22,24)(H,23,25)(H,26,27)/t15-,18-/m1/s1. The highest BCUT2D eigenvalue weighted by atomic mass is 16.4. The third-order valence-corrected chi connectivity index (χ3v) is 3.88. The fraction of sp³-hybridized carbons (Fsp3) is 0.190. The predicted octanol–water partition coefficient (Wildman–Crippen LogP) is 2.02. The second-order valence-electron chi connectivity index (χ2n) is 6.06. The predicted molar refractivity (Wildman–Crippen MR) is 103 cm³/mol. The van der Waals surface area contributed by atoms with Crippen molar-refractivity contribution in [1.29, 1.82) is 0 Å². The van der Waals surface area contributed by atoms with E-state index in [1.165, 1.54) is 13.0 Å². The van der Waals surface area contributed by atoms with Gasteiger partial charge in [-0.15, -0.1) is 0 Å². The molecule has 2 aromatic carbocycles. The molecule has 2 rings (SSSR count). The number of carboxylic acids is 1. The number of hydrogen-bond acceptors (Lipinski definition) is 3. The summed E-state index contributed by atoms with van der Waals surface area (Å²) in [5.41, 5.74) is 1.66. The van der Waals surface area contributed by atoms with E-state index in [1.807, 2.05) is 36.4 Å². The lowest BCUT2D eigenvalue weighted by Gasteiger charge is -2.18. The number of benzene rings is 2. The van der Waals surface area contributed by atoms with Crippen LogP contribution >= 0.6 is 0 Å². The topological polar surface area (TPSA) is 95.5 Å². The molecule has 0 spiro atoms. The van der Waals surface area contributed by atoms with E-state index in [9.17, 15) is 19.5 Å². The van der Waals surface area contributed by atoms with Crippen LogP contribution in [-0.4, -0.2) is 35.0 Å². The van der Waals surface area contributed by atoms with Gasteiger partial charge < -0.3 is 15.7 Å². The summed E-state index contributed by atoms with van der Waals surface area (Å²) in [5, 5.41) is 14.3. The van der Waals surface area contributed by atoms with Crippen molar-refractivity contribution in [2.24, 2.45) is 0 Å². The molecule has 0 aliphatic heterocycles. The number of aliphatic carboxylic acids is 1. The number of nitrogens with one attached hydrogen (secondary N) is 2. The molecular formula is C21H22N2O4. The van der Waals surface area contributed by atoms with E-state index in [4.69, 9.17) is 0 Å². The Bertz CT molecular complexity index is 803. The largest absolute Gasteiger partial charge is 0.480 e. The summed E-state index contributed by atoms with van der Waals surface area (Å²) < 4.78 is 0. The molecule has 0 aliphatic rings. The first-order valence-corrected chi connectivity index (χ1v) is 8.56. The van der Waals surface area contributed by atoms with Crippen molar-refractivity contribution in [2.75, 3.05) is 0 Å². The molecule has 0 heterocycles. The van der Waals surface area contributed by atoms with Gasteiger partial charge in [0.05, 0.1) is 0 Å². The van der Waals surface area contributed by atoms with E-state index >= 15 is 0 Å². The van der Waals surface area contributed by atoms with Gasteiger partial charge in [-0.2, -0.15) is 0 Å². The fourth-order valence-electron chi connectivity index (χ4n) is 2.41. The highest BCUT2D eigenvalue weighted by molar-refractivity contribution is 5.96. The molecular weight excluding hydrogens is 344 g/mol. The maximum atomic E-state index is 12.2. The molecule has 6 nitrogen and oxygen atoms in total. The van der Waals surface area contributed by atoms with Gasteiger partial charge in [0.2, 0.25) is 11.8 Å². The summed E-state index contributed by atoms with van der Waals surface area (Å²) in [6.45, 7) is 1.50. The molecule has 27 heavy (non-hydrogen) atoms. The number of amides is 2. The van der Waals surface area contributed by atoms with Crippen LogP contribution in [0.1, 0.15) is 18.1 Å². The summed E-state index contributed by atoms with van der Waals surface area (Å²) in [7, 11) is 0. The van der Waals surface area contributed by atoms with Crippen LogP contribution in [-0.2, 0) is 20.8 Å². The summed E-state index contributed by atoms with van der Waals surface area (Å²) in [6, 6.07) is 16.4. The average molecular weight is 366 g/mol. The van der Waals surface area contributed by atoms with Crippen molar-refractivity contribution in [2.45, 2.75) is 25.4 Å². The minimum Gasteiger partial charge on any atom is -0.480 e. The zero-order valence-corrected chi connectivity index (χ0v) is 15.0. The van der Waals surface area contributed by atoms with E-state index < -0.39 is 29.9 Å². The summed E-state index contributed by atoms with van der Waals surface area (Å²) >= 11 is 0. The first kappa shape index (κ1) is 19.9. The summed E-state index contributed by atoms with van der Waals surface area (Å²) in [6.07, 6.45) is 3.13. The second kappa shape index (κ2) is 9.91. The molecule has 0 saturated heterocycles. The van der Waals surface area contributed by atoms with E-state index in [0.717, 1.165) is 11.1 Å². The zero-order chi connectivity index (χ0) is 19.6. The third-order valence-electron chi connectivity index (χ3n) is 3.88. The Hall–Kier alpha value is -3.41. The van der Waals surface area contributed by atoms with Gasteiger partial charge >= 0.3 is 5.97 Å². The van der Waals surface area contributed by atoms with Crippen LogP contribution in [0.15, 0.2) is 66.7 Å². The second-order valence-corrected chi connectivity index (χ2v) is 6.06. The van der Waals surface area contributed by atoms with Gasteiger partial charge in [0.15, 0.2) is 0 Å². The number of carbonyl (C=O) groups is 3. The molecule has 0 aliphatic carbocycles. The number of hydrogen-bond donors (Lipinski definition) is 3. The average Bonchev–Trinajstić information content (AvgIpc) is 2.67. The SMILES string of the molecule is C[C@@H](NC(=O)C=Cc1ccccc1)C(=O)N[C@H](Cc1ccccc1)C(=O)O. The smallest absolute Gasteiger partial charge is 0.326 e. The van der Waals surface area contributed by atoms with E-state index in [2.05, 4.69) is 10.6 Å². The Labute approximate surface area is 157 Å². The van der Waals surface area contributed by atoms with Gasteiger partial charge in [0.25, 0.3) is 0 Å². The number of carbonyl (C=O) groups excluding carboxylic acids is 2. The molecule has 0 fully saturated rings. The van der Waals surface area contributed by atoms with Crippen LogP contribution in [0.25, 0.3) is 6.08 Å². The lowest BCUT2D eigenvalue weighted by Crippen LogP contribution is -2.50. The van der Waals surface area contributed by atoms with Crippen molar-refractivity contribution in [3.05, 3.63) is 77.9 Å².